The highest BCUT2D eigenvalue weighted by atomic mass is 16.4. The standard InChI is InChI=1S/C13H20N2O2/c1-10-6-5-7-14-11(10)8-15(9-12(16)17)13(2,3)4/h5-7H,8-9H2,1-4H3,(H,16,17). The van der Waals surface area contributed by atoms with Crippen molar-refractivity contribution in [2.75, 3.05) is 6.54 Å². The minimum Gasteiger partial charge on any atom is -0.480 e. The smallest absolute Gasteiger partial charge is 0.317 e. The molecule has 0 radical (unpaired) electrons. The van der Waals surface area contributed by atoms with Crippen LogP contribution in [0.4, 0.5) is 0 Å². The van der Waals surface area contributed by atoms with Crippen molar-refractivity contribution in [3.05, 3.63) is 29.6 Å². The third kappa shape index (κ3) is 4.15. The molecule has 0 unspecified atom stereocenters. The van der Waals surface area contributed by atoms with Crippen molar-refractivity contribution in [3.8, 4) is 0 Å². The molecule has 0 atom stereocenters. The third-order valence-corrected chi connectivity index (χ3v) is 2.73. The van der Waals surface area contributed by atoms with E-state index >= 15 is 0 Å². The molecule has 94 valence electrons. The van der Waals surface area contributed by atoms with Crippen molar-refractivity contribution in [1.82, 2.24) is 9.88 Å². The molecular formula is C13H20N2O2. The first kappa shape index (κ1) is 13.6. The lowest BCUT2D eigenvalue weighted by Crippen LogP contribution is -2.44. The number of carboxylic acid groups (broad SMARTS) is 1. The summed E-state index contributed by atoms with van der Waals surface area (Å²) in [7, 11) is 0. The molecule has 4 nitrogen and oxygen atoms in total. The van der Waals surface area contributed by atoms with Crippen LogP contribution in [0.5, 0.6) is 0 Å². The molecule has 0 aliphatic heterocycles. The zero-order chi connectivity index (χ0) is 13.1. The summed E-state index contributed by atoms with van der Waals surface area (Å²) in [4.78, 5) is 17.1. The van der Waals surface area contributed by atoms with Crippen molar-refractivity contribution in [1.29, 1.82) is 0 Å². The summed E-state index contributed by atoms with van der Waals surface area (Å²) >= 11 is 0. The lowest BCUT2D eigenvalue weighted by Gasteiger charge is -2.34. The van der Waals surface area contributed by atoms with E-state index in [4.69, 9.17) is 5.11 Å². The Morgan fingerprint density at radius 1 is 1.47 bits per heavy atom. The van der Waals surface area contributed by atoms with Gasteiger partial charge in [0.05, 0.1) is 12.2 Å². The molecule has 1 heterocycles. The van der Waals surface area contributed by atoms with Gasteiger partial charge < -0.3 is 5.11 Å². The molecular weight excluding hydrogens is 216 g/mol. The summed E-state index contributed by atoms with van der Waals surface area (Å²) in [6.45, 7) is 8.60. The maximum Gasteiger partial charge on any atom is 0.317 e. The molecule has 0 spiro atoms. The molecule has 0 aliphatic carbocycles. The predicted molar refractivity (Wildman–Crippen MR) is 66.8 cm³/mol. The molecule has 0 bridgehead atoms. The molecule has 1 rings (SSSR count). The number of carbonyl (C=O) groups is 1. The Kier molecular flexibility index (Phi) is 4.23. The van der Waals surface area contributed by atoms with Gasteiger partial charge in [0.1, 0.15) is 0 Å². The Morgan fingerprint density at radius 2 is 2.12 bits per heavy atom. The summed E-state index contributed by atoms with van der Waals surface area (Å²) in [5.41, 5.74) is 1.83. The van der Waals surface area contributed by atoms with Crippen LogP contribution in [0.25, 0.3) is 0 Å². The Labute approximate surface area is 102 Å². The number of hydrogen-bond acceptors (Lipinski definition) is 3. The molecule has 0 aromatic carbocycles. The van der Waals surface area contributed by atoms with E-state index in [0.717, 1.165) is 11.3 Å². The maximum absolute atomic E-state index is 10.9. The second kappa shape index (κ2) is 5.27. The highest BCUT2D eigenvalue weighted by molar-refractivity contribution is 5.69. The zero-order valence-electron chi connectivity index (χ0n) is 10.9. The normalized spacial score (nSPS) is 11.8. The Morgan fingerprint density at radius 3 is 2.59 bits per heavy atom. The van der Waals surface area contributed by atoms with Gasteiger partial charge in [0.2, 0.25) is 0 Å². The van der Waals surface area contributed by atoms with E-state index in [1.807, 2.05) is 44.7 Å². The summed E-state index contributed by atoms with van der Waals surface area (Å²) in [5, 5.41) is 8.93. The number of nitrogens with zero attached hydrogens (tertiary/aromatic N) is 2. The van der Waals surface area contributed by atoms with E-state index < -0.39 is 5.97 Å². The fourth-order valence-corrected chi connectivity index (χ4v) is 1.56. The van der Waals surface area contributed by atoms with Gasteiger partial charge in [-0.2, -0.15) is 0 Å². The van der Waals surface area contributed by atoms with Gasteiger partial charge in [-0.15, -0.1) is 0 Å². The lowest BCUT2D eigenvalue weighted by molar-refractivity contribution is -0.139. The topological polar surface area (TPSA) is 53.4 Å². The van der Waals surface area contributed by atoms with Crippen molar-refractivity contribution < 1.29 is 9.90 Å². The Balaban J connectivity index is 2.87. The third-order valence-electron chi connectivity index (χ3n) is 2.73. The largest absolute Gasteiger partial charge is 0.480 e. The highest BCUT2D eigenvalue weighted by Crippen LogP contribution is 2.17. The second-order valence-corrected chi connectivity index (χ2v) is 5.19. The molecule has 0 saturated heterocycles. The number of carboxylic acids is 1. The average Bonchev–Trinajstić information content (AvgIpc) is 2.18. The van der Waals surface area contributed by atoms with Crippen LogP contribution < -0.4 is 0 Å². The predicted octanol–water partition coefficient (Wildman–Crippen LogP) is 2.08. The van der Waals surface area contributed by atoms with E-state index in [-0.39, 0.29) is 12.1 Å². The van der Waals surface area contributed by atoms with E-state index in [9.17, 15) is 4.79 Å². The highest BCUT2D eigenvalue weighted by Gasteiger charge is 2.24. The van der Waals surface area contributed by atoms with E-state index in [0.29, 0.717) is 6.54 Å². The minimum atomic E-state index is -0.812. The number of pyridine rings is 1. The van der Waals surface area contributed by atoms with Gasteiger partial charge in [-0.1, -0.05) is 6.07 Å². The quantitative estimate of drug-likeness (QED) is 0.869. The van der Waals surface area contributed by atoms with E-state index in [1.54, 1.807) is 6.20 Å². The zero-order valence-corrected chi connectivity index (χ0v) is 10.9. The molecule has 1 aromatic rings. The summed E-state index contributed by atoms with van der Waals surface area (Å²) < 4.78 is 0. The Bertz CT molecular complexity index is 397. The van der Waals surface area contributed by atoms with Crippen molar-refractivity contribution in [3.63, 3.8) is 0 Å². The van der Waals surface area contributed by atoms with Crippen LogP contribution in [0, 0.1) is 6.92 Å². The van der Waals surface area contributed by atoms with Crippen LogP contribution in [0.1, 0.15) is 32.0 Å². The van der Waals surface area contributed by atoms with Crippen molar-refractivity contribution in [2.45, 2.75) is 39.8 Å². The lowest BCUT2D eigenvalue weighted by atomic mass is 10.0. The van der Waals surface area contributed by atoms with Gasteiger partial charge in [0.25, 0.3) is 0 Å². The first-order chi connectivity index (χ1) is 7.80. The molecule has 17 heavy (non-hydrogen) atoms. The maximum atomic E-state index is 10.9. The Hall–Kier alpha value is -1.42. The van der Waals surface area contributed by atoms with Crippen LogP contribution in [0.3, 0.4) is 0 Å². The second-order valence-electron chi connectivity index (χ2n) is 5.19. The molecule has 4 heteroatoms. The SMILES string of the molecule is Cc1cccnc1CN(CC(=O)O)C(C)(C)C. The average molecular weight is 236 g/mol. The fraction of sp³-hybridized carbons (Fsp3) is 0.538. The molecule has 0 amide bonds. The first-order valence-electron chi connectivity index (χ1n) is 5.68. The number of rotatable bonds is 4. The van der Waals surface area contributed by atoms with E-state index in [1.165, 1.54) is 0 Å². The first-order valence-corrected chi connectivity index (χ1v) is 5.68. The molecule has 0 fully saturated rings. The van der Waals surface area contributed by atoms with Crippen LogP contribution in [-0.4, -0.2) is 33.0 Å². The number of aryl methyl sites for hydroxylation is 1. The molecule has 1 aromatic heterocycles. The summed E-state index contributed by atoms with van der Waals surface area (Å²) in [6.07, 6.45) is 1.74. The van der Waals surface area contributed by atoms with E-state index in [2.05, 4.69) is 4.98 Å². The van der Waals surface area contributed by atoms with Gasteiger partial charge in [0.15, 0.2) is 0 Å². The monoisotopic (exact) mass is 236 g/mol. The van der Waals surface area contributed by atoms with Crippen LogP contribution in [0.15, 0.2) is 18.3 Å². The van der Waals surface area contributed by atoms with Gasteiger partial charge in [-0.3, -0.25) is 14.7 Å². The summed E-state index contributed by atoms with van der Waals surface area (Å²) in [5.74, 6) is -0.812. The van der Waals surface area contributed by atoms with Crippen molar-refractivity contribution >= 4 is 5.97 Å². The minimum absolute atomic E-state index is 0.0273. The van der Waals surface area contributed by atoms with Gasteiger partial charge >= 0.3 is 5.97 Å². The van der Waals surface area contributed by atoms with Gasteiger partial charge in [-0.25, -0.2) is 0 Å². The molecule has 1 N–H and O–H groups in total. The fourth-order valence-electron chi connectivity index (χ4n) is 1.56. The number of aliphatic carboxylic acids is 1. The van der Waals surface area contributed by atoms with Gasteiger partial charge in [0, 0.05) is 18.3 Å². The molecule has 0 aliphatic rings. The molecule has 0 saturated carbocycles. The van der Waals surface area contributed by atoms with Crippen LogP contribution in [0.2, 0.25) is 0 Å². The number of hydrogen-bond donors (Lipinski definition) is 1. The van der Waals surface area contributed by atoms with Gasteiger partial charge in [-0.05, 0) is 39.3 Å². The number of aromatic nitrogens is 1. The van der Waals surface area contributed by atoms with Crippen molar-refractivity contribution in [2.24, 2.45) is 0 Å². The summed E-state index contributed by atoms with van der Waals surface area (Å²) in [6, 6.07) is 3.88. The van der Waals surface area contributed by atoms with Crippen LogP contribution >= 0.6 is 0 Å². The van der Waals surface area contributed by atoms with Crippen LogP contribution in [-0.2, 0) is 11.3 Å².